The fraction of sp³-hybridized carbons (Fsp3) is 0.577. The van der Waals surface area contributed by atoms with Gasteiger partial charge in [-0.15, -0.1) is 38.5 Å². The Labute approximate surface area is 465 Å². The van der Waals surface area contributed by atoms with Crippen LogP contribution in [0.15, 0.2) is 36.4 Å². The molecule has 0 radical (unpaired) electrons. The third-order valence-corrected chi connectivity index (χ3v) is 10.4. The zero-order valence-corrected chi connectivity index (χ0v) is 49.5. The van der Waals surface area contributed by atoms with Crippen LogP contribution in [0.1, 0.15) is 98.9 Å². The summed E-state index contributed by atoms with van der Waals surface area (Å²) in [5.41, 5.74) is 17.1. The van der Waals surface area contributed by atoms with Crippen LogP contribution in [0.25, 0.3) is 0 Å². The summed E-state index contributed by atoms with van der Waals surface area (Å²) in [5, 5.41) is 6.95. The van der Waals surface area contributed by atoms with Crippen LogP contribution in [0.4, 0.5) is 41.1 Å². The second-order valence-electron chi connectivity index (χ2n) is 17.9. The molecule has 2 aromatic carbocycles. The van der Waals surface area contributed by atoms with Gasteiger partial charge in [-0.05, 0) is 49.9 Å². The Bertz CT molecular complexity index is 2140. The molecule has 0 unspecified atom stereocenters. The maximum atomic E-state index is 12.9. The van der Waals surface area contributed by atoms with E-state index in [1.165, 1.54) is 0 Å². The van der Waals surface area contributed by atoms with Crippen molar-refractivity contribution >= 4 is 81.3 Å². The lowest BCUT2D eigenvalue weighted by Gasteiger charge is -2.16. The summed E-state index contributed by atoms with van der Waals surface area (Å²) in [6.45, 7) is 15.8. The highest BCUT2D eigenvalue weighted by molar-refractivity contribution is 9.26. The van der Waals surface area contributed by atoms with Crippen LogP contribution in [0, 0.1) is 13.8 Å². The van der Waals surface area contributed by atoms with Gasteiger partial charge in [-0.1, -0.05) is 71.3 Å². The molecule has 2 heterocycles. The van der Waals surface area contributed by atoms with Gasteiger partial charge >= 0.3 is 11.8 Å². The second kappa shape index (κ2) is 37.9. The number of hydrogen-bond acceptors (Lipinski definition) is 16. The van der Waals surface area contributed by atoms with Gasteiger partial charge in [0.2, 0.25) is 11.9 Å². The third-order valence-electron chi connectivity index (χ3n) is 10.4. The van der Waals surface area contributed by atoms with Gasteiger partial charge in [0.05, 0.1) is 46.0 Å². The molecule has 2 aromatic heterocycles. The minimum atomic E-state index is -3.36. The van der Waals surface area contributed by atoms with Crippen LogP contribution < -0.4 is 41.0 Å². The molecule has 24 heteroatoms. The topological polar surface area (TPSA) is 217 Å². The molecule has 0 saturated heterocycles. The van der Waals surface area contributed by atoms with Crippen molar-refractivity contribution in [2.45, 2.75) is 123 Å². The predicted molar refractivity (Wildman–Crippen MR) is 303 cm³/mol. The predicted octanol–water partition coefficient (Wildman–Crippen LogP) is 12.0. The third kappa shape index (κ3) is 30.3. The molecule has 428 valence electrons. The molecule has 0 fully saturated rings. The van der Waals surface area contributed by atoms with E-state index in [0.29, 0.717) is 35.8 Å². The van der Waals surface area contributed by atoms with Gasteiger partial charge in [-0.25, -0.2) is 9.97 Å². The maximum Gasteiger partial charge on any atom is 0.304 e. The number of aromatic nitrogens is 4. The lowest BCUT2D eigenvalue weighted by Crippen LogP contribution is -2.21. The molecule has 0 aliphatic rings. The van der Waals surface area contributed by atoms with Gasteiger partial charge in [-0.3, -0.25) is 9.59 Å². The highest BCUT2D eigenvalue weighted by Gasteiger charge is 2.28. The lowest BCUT2D eigenvalue weighted by molar-refractivity contribution is -0.132. The van der Waals surface area contributed by atoms with Crippen molar-refractivity contribution in [2.24, 2.45) is 0 Å². The molecule has 4 aromatic rings. The van der Waals surface area contributed by atoms with E-state index in [1.54, 1.807) is 38.5 Å². The summed E-state index contributed by atoms with van der Waals surface area (Å²) in [4.78, 5) is 37.8. The summed E-state index contributed by atoms with van der Waals surface area (Å²) in [5.74, 6) is -2.42. The number of methoxy groups -OCH3 is 2. The van der Waals surface area contributed by atoms with Gasteiger partial charge in [0, 0.05) is 73.4 Å². The van der Waals surface area contributed by atoms with Crippen molar-refractivity contribution in [3.8, 4) is 23.0 Å². The zero-order chi connectivity index (χ0) is 57.2. The molecule has 0 aliphatic carbocycles. The number of anilines is 4. The number of halogens is 7. The number of rotatable bonds is 32. The molecule has 0 bridgehead atoms. The molecule has 4 rings (SSSR count). The van der Waals surface area contributed by atoms with Crippen LogP contribution >= 0.6 is 38.5 Å². The van der Waals surface area contributed by atoms with E-state index in [-0.39, 0.29) is 69.4 Å². The minimum Gasteiger partial charge on any atom is -0.496 e. The molecule has 0 aliphatic heterocycles. The van der Waals surface area contributed by atoms with Crippen molar-refractivity contribution < 1.29 is 55.6 Å². The normalized spacial score (nSPS) is 11.2. The van der Waals surface area contributed by atoms with E-state index in [1.807, 2.05) is 26.0 Å². The lowest BCUT2D eigenvalue weighted by atomic mass is 10.0. The fourth-order valence-electron chi connectivity index (χ4n) is 6.59. The molecule has 0 spiro atoms. The number of nitrogens with zero attached hydrogens (tertiary/aromatic N) is 4. The number of aldehydes is 2. The van der Waals surface area contributed by atoms with Gasteiger partial charge in [0.15, 0.2) is 12.6 Å². The number of aryl methyl sites for hydroxylation is 2. The Morgan fingerprint density at radius 2 is 0.987 bits per heavy atom. The van der Waals surface area contributed by atoms with Crippen molar-refractivity contribution in [3.63, 3.8) is 0 Å². The first-order valence-corrected chi connectivity index (χ1v) is 31.8. The summed E-state index contributed by atoms with van der Waals surface area (Å²) in [6, 6.07) is 10.9. The average Bonchev–Trinajstić information content (AvgIpc) is 3.36. The van der Waals surface area contributed by atoms with Crippen LogP contribution in [0.3, 0.4) is 0 Å². The summed E-state index contributed by atoms with van der Waals surface area (Å²) in [7, 11) is 3.16. The van der Waals surface area contributed by atoms with E-state index in [4.69, 9.17) is 63.1 Å². The first-order chi connectivity index (χ1) is 36.0. The van der Waals surface area contributed by atoms with Crippen LogP contribution in [-0.4, -0.2) is 123 Å². The highest BCUT2D eigenvalue weighted by Crippen LogP contribution is 2.32. The van der Waals surface area contributed by atoms with E-state index in [2.05, 4.69) is 79.4 Å². The van der Waals surface area contributed by atoms with Gasteiger partial charge in [0.25, 0.3) is 0 Å². The largest absolute Gasteiger partial charge is 0.496 e. The first-order valence-electron chi connectivity index (χ1n) is 25.0. The Balaban J connectivity index is 0.000000665. The van der Waals surface area contributed by atoms with Crippen molar-refractivity contribution in [1.29, 1.82) is 0 Å². The Morgan fingerprint density at radius 1 is 0.632 bits per heavy atom. The molecule has 0 saturated carbocycles. The molecular weight excluding hydrogens is 1120 g/mol. The molecule has 0 amide bonds. The highest BCUT2D eigenvalue weighted by atomic mass is 79.9. The molecule has 16 nitrogen and oxygen atoms in total. The van der Waals surface area contributed by atoms with Gasteiger partial charge < -0.3 is 50.5 Å². The van der Waals surface area contributed by atoms with Crippen LogP contribution in [-0.2, 0) is 31.9 Å². The van der Waals surface area contributed by atoms with E-state index in [0.717, 1.165) is 96.9 Å². The molecular formula is C52H79BrCl2F4N8O8Si. The van der Waals surface area contributed by atoms with Gasteiger partial charge in [-0.2, -0.15) is 27.5 Å². The zero-order valence-electron chi connectivity index (χ0n) is 45.4. The summed E-state index contributed by atoms with van der Waals surface area (Å²) < 4.78 is 84.0. The van der Waals surface area contributed by atoms with E-state index < -0.39 is 31.4 Å². The number of ether oxygens (including phenoxy) is 6. The van der Waals surface area contributed by atoms with E-state index >= 15 is 0 Å². The standard InChI is InChI=1S/2C24H34F2N4O4.C3H9BrSi.CH2Cl2/c2*1-4-5-6-10-28-22-20(17(2)29-23(27)30-22)14-18-7-8-19(15-21(18)32-3)34-13-12-33-11-9-24(25,26)16-31;1-5(2,3)4;2-1-3/h2*7-8,15-16H,4-6,9-14H2,1-3H3,(H3,27,28,29,30);1-3H3;1H2. The number of benzene rings is 2. The number of hydrogen-bond donors (Lipinski definition) is 4. The number of nitrogens with one attached hydrogen (secondary N) is 2. The number of alkyl halides is 6. The second-order valence-corrected chi connectivity index (χ2v) is 30.0. The summed E-state index contributed by atoms with van der Waals surface area (Å²) >= 11 is 13.0. The van der Waals surface area contributed by atoms with E-state index in [9.17, 15) is 27.2 Å². The quantitative estimate of drug-likeness (QED) is 0.00893. The van der Waals surface area contributed by atoms with Crippen LogP contribution in [0.5, 0.6) is 23.0 Å². The Hall–Kier alpha value is -4.74. The Kier molecular flexibility index (Phi) is 34.6. The minimum absolute atomic E-state index is 0.119. The molecule has 6 N–H and O–H groups in total. The molecule has 0 atom stereocenters. The smallest absolute Gasteiger partial charge is 0.304 e. The number of nitrogen functional groups attached to an aromatic ring is 2. The van der Waals surface area contributed by atoms with Crippen molar-refractivity contribution in [2.75, 3.05) is 94.4 Å². The first kappa shape index (κ1) is 69.3. The van der Waals surface area contributed by atoms with Crippen molar-refractivity contribution in [3.05, 3.63) is 70.0 Å². The SMILES string of the molecule is CCCCCNc1nc(N)nc(C)c1Cc1ccc(OCCOCCC(F)(F)C=O)cc1OC.CCCCCNc1nc(N)nc(C)c1Cc1ccc(OCCOCCC(F)(F)C=O)cc1OC.C[Si](C)(C)Br.ClCCl. The van der Waals surface area contributed by atoms with Gasteiger partial charge in [0.1, 0.15) is 54.5 Å². The number of carbonyl (C=O) groups is 2. The Morgan fingerprint density at radius 3 is 1.30 bits per heavy atom. The molecule has 76 heavy (non-hydrogen) atoms. The summed E-state index contributed by atoms with van der Waals surface area (Å²) in [6.07, 6.45) is 5.65. The van der Waals surface area contributed by atoms with Crippen LogP contribution in [0.2, 0.25) is 19.6 Å². The monoisotopic (exact) mass is 1200 g/mol. The number of unbranched alkanes of at least 4 members (excludes halogenated alkanes) is 4. The maximum absolute atomic E-state index is 12.9. The fourth-order valence-corrected chi connectivity index (χ4v) is 6.59. The van der Waals surface area contributed by atoms with Crippen molar-refractivity contribution in [1.82, 2.24) is 19.9 Å². The number of carbonyl (C=O) groups excluding carboxylic acids is 2. The number of nitrogens with two attached hydrogens (primary N) is 2. The average molecular weight is 1200 g/mol.